The van der Waals surface area contributed by atoms with Gasteiger partial charge in [0.1, 0.15) is 0 Å². The average molecular weight is 309 g/mol. The van der Waals surface area contributed by atoms with Gasteiger partial charge in [-0.1, -0.05) is 34.6 Å². The second-order valence-electron chi connectivity index (χ2n) is 3.17. The molecule has 1 aromatic rings. The summed E-state index contributed by atoms with van der Waals surface area (Å²) in [6, 6.07) is 0. The first-order chi connectivity index (χ1) is 5.97. The summed E-state index contributed by atoms with van der Waals surface area (Å²) >= 11 is -0.226. The van der Waals surface area contributed by atoms with Crippen molar-refractivity contribution < 1.29 is 15.1 Å². The fourth-order valence-corrected chi connectivity index (χ4v) is 1.41. The van der Waals surface area contributed by atoms with Gasteiger partial charge in [-0.15, -0.1) is 0 Å². The van der Waals surface area contributed by atoms with E-state index in [1.807, 2.05) is 0 Å². The van der Waals surface area contributed by atoms with E-state index in [0.717, 1.165) is 0 Å². The molecule has 0 aliphatic rings. The Bertz CT molecular complexity index is 197. The summed E-state index contributed by atoms with van der Waals surface area (Å²) < 4.78 is 0. The third-order valence-electron chi connectivity index (χ3n) is 2.81. The van der Waals surface area contributed by atoms with Crippen LogP contribution < -0.4 is 0 Å². The van der Waals surface area contributed by atoms with E-state index in [-0.39, 0.29) is 15.1 Å². The molecule has 0 N–H and O–H groups in total. The zero-order valence-corrected chi connectivity index (χ0v) is 11.7. The van der Waals surface area contributed by atoms with Gasteiger partial charge in [-0.25, -0.2) is 0 Å². The molecule has 0 fully saturated rings. The van der Waals surface area contributed by atoms with E-state index in [0.29, 0.717) is 0 Å². The molecule has 78 valence electrons. The van der Waals surface area contributed by atoms with Gasteiger partial charge in [0.15, 0.2) is 0 Å². The standard InChI is InChI=1S/C10H15.2ClH.Rh/c1-6-7(2)9(4)10(5)8(6)3;;;/h1-5H3;2*1H;/q-1;;;+3/p-2. The second kappa shape index (κ2) is 6.12. The fourth-order valence-electron chi connectivity index (χ4n) is 1.41. The molecule has 0 bridgehead atoms. The van der Waals surface area contributed by atoms with Crippen molar-refractivity contribution in [2.75, 3.05) is 0 Å². The summed E-state index contributed by atoms with van der Waals surface area (Å²) in [5.41, 5.74) is 7.34. The summed E-state index contributed by atoms with van der Waals surface area (Å²) in [5.74, 6) is 0. The Morgan fingerprint density at radius 3 is 1.23 bits per heavy atom. The normalized spacial score (nSPS) is 9.77. The molecule has 0 aliphatic carbocycles. The van der Waals surface area contributed by atoms with Gasteiger partial charge in [0.2, 0.25) is 0 Å². The van der Waals surface area contributed by atoms with E-state index in [1.54, 1.807) is 0 Å². The molecule has 13 heavy (non-hydrogen) atoms. The first-order valence-electron chi connectivity index (χ1n) is 4.00. The van der Waals surface area contributed by atoms with Crippen LogP contribution in [-0.4, -0.2) is 0 Å². The molecule has 0 aliphatic heterocycles. The predicted octanol–water partition coefficient (Wildman–Crippen LogP) is 4.32. The van der Waals surface area contributed by atoms with Gasteiger partial charge in [0, 0.05) is 0 Å². The molecule has 1 aromatic carbocycles. The van der Waals surface area contributed by atoms with Gasteiger partial charge in [-0.3, -0.25) is 0 Å². The van der Waals surface area contributed by atoms with E-state index >= 15 is 0 Å². The molecule has 0 unspecified atom stereocenters. The third kappa shape index (κ3) is 3.31. The molecule has 0 saturated carbocycles. The molecule has 1 rings (SSSR count). The monoisotopic (exact) mass is 308 g/mol. The molecule has 0 spiro atoms. The Morgan fingerprint density at radius 1 is 0.923 bits per heavy atom. The van der Waals surface area contributed by atoms with E-state index in [4.69, 9.17) is 19.4 Å². The molecular weight excluding hydrogens is 294 g/mol. The Balaban J connectivity index is 0.000000424. The van der Waals surface area contributed by atoms with Crippen LogP contribution in [0.4, 0.5) is 0 Å². The fraction of sp³-hybridized carbons (Fsp3) is 0.500. The minimum atomic E-state index is -0.226. The van der Waals surface area contributed by atoms with Gasteiger partial charge in [0.05, 0.1) is 0 Å². The Hall–Kier alpha value is 0.553. The summed E-state index contributed by atoms with van der Waals surface area (Å²) in [4.78, 5) is 0. The quantitative estimate of drug-likeness (QED) is 0.494. The van der Waals surface area contributed by atoms with Crippen LogP contribution in [0.3, 0.4) is 0 Å². The Kier molecular flexibility index (Phi) is 6.38. The van der Waals surface area contributed by atoms with Crippen LogP contribution in [0.5, 0.6) is 0 Å². The van der Waals surface area contributed by atoms with E-state index in [1.165, 1.54) is 27.8 Å². The Morgan fingerprint density at radius 2 is 1.15 bits per heavy atom. The van der Waals surface area contributed by atoms with Crippen LogP contribution in [0.1, 0.15) is 27.8 Å². The van der Waals surface area contributed by atoms with Gasteiger partial charge in [-0.2, -0.15) is 27.8 Å². The molecule has 0 atom stereocenters. The van der Waals surface area contributed by atoms with Crippen LogP contribution in [0, 0.1) is 34.6 Å². The first-order valence-corrected chi connectivity index (χ1v) is 8.22. The van der Waals surface area contributed by atoms with Crippen LogP contribution >= 0.6 is 19.4 Å². The molecule has 0 amide bonds. The summed E-state index contributed by atoms with van der Waals surface area (Å²) in [6.07, 6.45) is 0. The number of halogens is 2. The molecule has 3 heteroatoms. The van der Waals surface area contributed by atoms with Crippen molar-refractivity contribution in [3.05, 3.63) is 27.8 Å². The zero-order valence-electron chi connectivity index (χ0n) is 8.59. The summed E-state index contributed by atoms with van der Waals surface area (Å²) in [6.45, 7) is 11.0. The topological polar surface area (TPSA) is 0 Å². The van der Waals surface area contributed by atoms with Gasteiger partial charge in [-0.05, 0) is 0 Å². The predicted molar refractivity (Wildman–Crippen MR) is 57.4 cm³/mol. The van der Waals surface area contributed by atoms with Gasteiger partial charge in [0.25, 0.3) is 0 Å². The molecule has 0 radical (unpaired) electrons. The van der Waals surface area contributed by atoms with E-state index in [2.05, 4.69) is 34.6 Å². The van der Waals surface area contributed by atoms with Gasteiger partial charge < -0.3 is 0 Å². The van der Waals surface area contributed by atoms with Crippen molar-refractivity contribution >= 4 is 19.4 Å². The number of rotatable bonds is 0. The van der Waals surface area contributed by atoms with E-state index < -0.39 is 0 Å². The third-order valence-corrected chi connectivity index (χ3v) is 2.81. The van der Waals surface area contributed by atoms with Crippen molar-refractivity contribution in [1.82, 2.24) is 0 Å². The summed E-state index contributed by atoms with van der Waals surface area (Å²) in [7, 11) is 9.67. The molecular formula is C10H15Cl2Rh. The van der Waals surface area contributed by atoms with Crippen LogP contribution in [0.2, 0.25) is 0 Å². The molecule has 0 heterocycles. The van der Waals surface area contributed by atoms with Crippen LogP contribution in [-0.2, 0) is 15.1 Å². The second-order valence-corrected chi connectivity index (χ2v) is 5.66. The van der Waals surface area contributed by atoms with Crippen LogP contribution in [0.15, 0.2) is 0 Å². The summed E-state index contributed by atoms with van der Waals surface area (Å²) in [5, 5.41) is 0. The van der Waals surface area contributed by atoms with Gasteiger partial charge >= 0.3 is 34.5 Å². The first kappa shape index (κ1) is 13.6. The zero-order chi connectivity index (χ0) is 10.6. The van der Waals surface area contributed by atoms with Crippen molar-refractivity contribution in [1.29, 1.82) is 0 Å². The SMILES string of the molecule is Cc1c(C)c(C)[c-](C)c1C.[Cl][Rh+][Cl]. The minimum absolute atomic E-state index is 0.226. The van der Waals surface area contributed by atoms with Crippen molar-refractivity contribution in [3.63, 3.8) is 0 Å². The molecule has 0 saturated heterocycles. The number of hydrogen-bond acceptors (Lipinski definition) is 0. The molecule has 0 nitrogen and oxygen atoms in total. The number of hydrogen-bond donors (Lipinski definition) is 0. The van der Waals surface area contributed by atoms with Crippen molar-refractivity contribution in [2.24, 2.45) is 0 Å². The van der Waals surface area contributed by atoms with Crippen molar-refractivity contribution in [3.8, 4) is 0 Å². The maximum absolute atomic E-state index is 4.83. The molecule has 0 aromatic heterocycles. The Labute approximate surface area is 96.7 Å². The van der Waals surface area contributed by atoms with Crippen LogP contribution in [0.25, 0.3) is 0 Å². The average Bonchev–Trinajstić information content (AvgIpc) is 2.25. The van der Waals surface area contributed by atoms with Crippen molar-refractivity contribution in [2.45, 2.75) is 34.6 Å². The van der Waals surface area contributed by atoms with E-state index in [9.17, 15) is 0 Å². The maximum atomic E-state index is 4.83.